The number of benzene rings is 1. The Balaban J connectivity index is 2.85. The quantitative estimate of drug-likeness (QED) is 0.426. The van der Waals surface area contributed by atoms with Gasteiger partial charge in [-0.25, -0.2) is 0 Å². The zero-order chi connectivity index (χ0) is 12.0. The minimum absolute atomic E-state index is 0.616. The van der Waals surface area contributed by atoms with E-state index in [1.54, 1.807) is 30.3 Å². The third kappa shape index (κ3) is 3.67. The van der Waals surface area contributed by atoms with Gasteiger partial charge in [0.25, 0.3) is 0 Å². The van der Waals surface area contributed by atoms with Crippen molar-refractivity contribution in [2.24, 2.45) is 5.11 Å². The van der Waals surface area contributed by atoms with Crippen LogP contribution in [0.25, 0.3) is 16.5 Å². The molecule has 0 bridgehead atoms. The van der Waals surface area contributed by atoms with Crippen LogP contribution in [0.5, 0.6) is 0 Å². The first-order valence-corrected chi connectivity index (χ1v) is 4.38. The van der Waals surface area contributed by atoms with Crippen LogP contribution in [0.3, 0.4) is 0 Å². The molecule has 0 aliphatic carbocycles. The van der Waals surface area contributed by atoms with Gasteiger partial charge in [0, 0.05) is 4.91 Å². The van der Waals surface area contributed by atoms with Crippen LogP contribution in [0.15, 0.2) is 41.5 Å². The highest BCUT2D eigenvalue weighted by molar-refractivity contribution is 5.49. The minimum Gasteiger partial charge on any atom is -0.170 e. The van der Waals surface area contributed by atoms with E-state index in [9.17, 15) is 13.2 Å². The van der Waals surface area contributed by atoms with Gasteiger partial charge in [0.15, 0.2) is 6.04 Å². The number of hydrogen-bond donors (Lipinski definition) is 0. The van der Waals surface area contributed by atoms with Crippen LogP contribution in [0.4, 0.5) is 13.2 Å². The van der Waals surface area contributed by atoms with Gasteiger partial charge in [-0.1, -0.05) is 47.6 Å². The van der Waals surface area contributed by atoms with Gasteiger partial charge >= 0.3 is 6.18 Å². The normalized spacial score (nSPS) is 13.4. The molecular weight excluding hydrogens is 219 g/mol. The second kappa shape index (κ2) is 5.23. The van der Waals surface area contributed by atoms with Crippen LogP contribution in [0.1, 0.15) is 5.56 Å². The Hall–Kier alpha value is -1.94. The molecule has 0 aliphatic heterocycles. The van der Waals surface area contributed by atoms with Gasteiger partial charge in [-0.05, 0) is 11.1 Å². The molecule has 0 amide bonds. The Labute approximate surface area is 89.8 Å². The fraction of sp³-hybridized carbons (Fsp3) is 0.200. The summed E-state index contributed by atoms with van der Waals surface area (Å²) >= 11 is 0. The van der Waals surface area contributed by atoms with Crippen molar-refractivity contribution in [2.75, 3.05) is 0 Å². The first-order chi connectivity index (χ1) is 7.54. The van der Waals surface area contributed by atoms with Gasteiger partial charge in [-0.2, -0.15) is 13.2 Å². The molecule has 84 valence electrons. The summed E-state index contributed by atoms with van der Waals surface area (Å²) in [5, 5.41) is 2.68. The molecule has 3 nitrogen and oxygen atoms in total. The first kappa shape index (κ1) is 12.1. The van der Waals surface area contributed by atoms with E-state index in [4.69, 9.17) is 5.53 Å². The van der Waals surface area contributed by atoms with Crippen molar-refractivity contribution >= 4 is 6.08 Å². The molecule has 16 heavy (non-hydrogen) atoms. The number of halogens is 3. The third-order valence-corrected chi connectivity index (χ3v) is 1.78. The molecule has 0 radical (unpaired) electrons. The molecule has 0 saturated carbocycles. The van der Waals surface area contributed by atoms with Crippen molar-refractivity contribution in [2.45, 2.75) is 12.2 Å². The highest BCUT2D eigenvalue weighted by atomic mass is 19.4. The lowest BCUT2D eigenvalue weighted by molar-refractivity contribution is -0.136. The molecule has 6 heteroatoms. The SMILES string of the molecule is [N-]=[N+]=NC(C=Cc1ccccc1)C(F)(F)F. The minimum atomic E-state index is -4.56. The molecule has 0 aromatic heterocycles. The molecule has 1 rings (SSSR count). The Bertz CT molecular complexity index is 405. The van der Waals surface area contributed by atoms with E-state index in [-0.39, 0.29) is 0 Å². The summed E-state index contributed by atoms with van der Waals surface area (Å²) in [5.74, 6) is 0. The number of rotatable bonds is 3. The summed E-state index contributed by atoms with van der Waals surface area (Å²) < 4.78 is 36.9. The Morgan fingerprint density at radius 2 is 1.88 bits per heavy atom. The molecular formula is C10H8F3N3. The summed E-state index contributed by atoms with van der Waals surface area (Å²) in [6, 6.07) is 6.34. The molecule has 1 unspecified atom stereocenters. The fourth-order valence-corrected chi connectivity index (χ4v) is 1.04. The van der Waals surface area contributed by atoms with E-state index in [0.29, 0.717) is 5.56 Å². The molecule has 0 saturated heterocycles. The lowest BCUT2D eigenvalue weighted by Gasteiger charge is -2.10. The second-order valence-corrected chi connectivity index (χ2v) is 2.96. The van der Waals surface area contributed by atoms with Crippen molar-refractivity contribution in [3.05, 3.63) is 52.4 Å². The van der Waals surface area contributed by atoms with E-state index in [0.717, 1.165) is 6.08 Å². The highest BCUT2D eigenvalue weighted by Crippen LogP contribution is 2.24. The fourth-order valence-electron chi connectivity index (χ4n) is 1.04. The zero-order valence-electron chi connectivity index (χ0n) is 8.09. The van der Waals surface area contributed by atoms with E-state index in [1.807, 2.05) is 0 Å². The lowest BCUT2D eigenvalue weighted by atomic mass is 10.2. The van der Waals surface area contributed by atoms with Crippen LogP contribution in [-0.4, -0.2) is 12.2 Å². The van der Waals surface area contributed by atoms with E-state index >= 15 is 0 Å². The molecule has 1 aromatic rings. The van der Waals surface area contributed by atoms with Crippen molar-refractivity contribution in [3.8, 4) is 0 Å². The van der Waals surface area contributed by atoms with Crippen LogP contribution in [0, 0.1) is 0 Å². The highest BCUT2D eigenvalue weighted by Gasteiger charge is 2.36. The predicted octanol–water partition coefficient (Wildman–Crippen LogP) is 3.94. The van der Waals surface area contributed by atoms with E-state index in [2.05, 4.69) is 10.0 Å². The zero-order valence-corrected chi connectivity index (χ0v) is 8.09. The van der Waals surface area contributed by atoms with Crippen molar-refractivity contribution in [1.29, 1.82) is 0 Å². The van der Waals surface area contributed by atoms with E-state index < -0.39 is 12.2 Å². The Kier molecular flexibility index (Phi) is 3.96. The van der Waals surface area contributed by atoms with Crippen molar-refractivity contribution < 1.29 is 13.2 Å². The van der Waals surface area contributed by atoms with Gasteiger partial charge in [0.05, 0.1) is 0 Å². The molecule has 0 aliphatic rings. The largest absolute Gasteiger partial charge is 0.400 e. The number of alkyl halides is 3. The first-order valence-electron chi connectivity index (χ1n) is 4.38. The smallest absolute Gasteiger partial charge is 0.170 e. The van der Waals surface area contributed by atoms with Crippen molar-refractivity contribution in [1.82, 2.24) is 0 Å². The summed E-state index contributed by atoms with van der Waals surface area (Å²) in [5.41, 5.74) is 8.64. The van der Waals surface area contributed by atoms with Crippen LogP contribution >= 0.6 is 0 Å². The van der Waals surface area contributed by atoms with Gasteiger partial charge in [-0.3, -0.25) is 0 Å². The number of hydrogen-bond acceptors (Lipinski definition) is 1. The van der Waals surface area contributed by atoms with Gasteiger partial charge < -0.3 is 0 Å². The van der Waals surface area contributed by atoms with Gasteiger partial charge in [-0.15, -0.1) is 0 Å². The average Bonchev–Trinajstić information content (AvgIpc) is 2.24. The Morgan fingerprint density at radius 1 is 1.25 bits per heavy atom. The predicted molar refractivity (Wildman–Crippen MR) is 54.5 cm³/mol. The summed E-state index contributed by atoms with van der Waals surface area (Å²) in [7, 11) is 0. The monoisotopic (exact) mass is 227 g/mol. The third-order valence-electron chi connectivity index (χ3n) is 1.78. The molecule has 1 aromatic carbocycles. The molecule has 0 heterocycles. The summed E-state index contributed by atoms with van der Waals surface area (Å²) in [4.78, 5) is 2.17. The van der Waals surface area contributed by atoms with Crippen LogP contribution in [0.2, 0.25) is 0 Å². The molecule has 0 N–H and O–H groups in total. The molecule has 1 atom stereocenters. The lowest BCUT2D eigenvalue weighted by Crippen LogP contribution is -2.24. The molecule has 0 fully saturated rings. The number of nitrogens with zero attached hydrogens (tertiary/aromatic N) is 3. The Morgan fingerprint density at radius 3 is 2.38 bits per heavy atom. The maximum Gasteiger partial charge on any atom is 0.400 e. The van der Waals surface area contributed by atoms with Crippen LogP contribution < -0.4 is 0 Å². The van der Waals surface area contributed by atoms with E-state index in [1.165, 1.54) is 6.08 Å². The van der Waals surface area contributed by atoms with Gasteiger partial charge in [0.2, 0.25) is 0 Å². The topological polar surface area (TPSA) is 48.8 Å². The maximum absolute atomic E-state index is 12.3. The number of azide groups is 1. The maximum atomic E-state index is 12.3. The summed E-state index contributed by atoms with van der Waals surface area (Å²) in [6.45, 7) is 0. The average molecular weight is 227 g/mol. The standard InChI is InChI=1S/C10H8F3N3/c11-10(12,13)9(15-16-14)7-6-8-4-2-1-3-5-8/h1-7,9H. The molecule has 0 spiro atoms. The second-order valence-electron chi connectivity index (χ2n) is 2.96. The summed E-state index contributed by atoms with van der Waals surface area (Å²) in [6.07, 6.45) is -2.46. The van der Waals surface area contributed by atoms with Gasteiger partial charge in [0.1, 0.15) is 0 Å². The van der Waals surface area contributed by atoms with Crippen LogP contribution in [-0.2, 0) is 0 Å². The van der Waals surface area contributed by atoms with Crippen molar-refractivity contribution in [3.63, 3.8) is 0 Å².